The first-order chi connectivity index (χ1) is 9.03. The van der Waals surface area contributed by atoms with Crippen LogP contribution in [0.1, 0.15) is 23.8 Å². The lowest BCUT2D eigenvalue weighted by molar-refractivity contribution is 0.579. The third kappa shape index (κ3) is 5.07. The van der Waals surface area contributed by atoms with Gasteiger partial charge in [0.15, 0.2) is 0 Å². The SMILES string of the molecule is CCNCc1scc(C)c1S(=O)(=O)NCCCSC. The van der Waals surface area contributed by atoms with Gasteiger partial charge in [-0.05, 0) is 42.8 Å². The van der Waals surface area contributed by atoms with Crippen LogP contribution in [0.5, 0.6) is 0 Å². The van der Waals surface area contributed by atoms with Crippen LogP contribution in [0.15, 0.2) is 10.3 Å². The second-order valence-corrected chi connectivity index (χ2v) is 7.85. The zero-order valence-electron chi connectivity index (χ0n) is 11.7. The molecule has 1 rings (SSSR count). The van der Waals surface area contributed by atoms with Crippen molar-refractivity contribution in [3.05, 3.63) is 15.8 Å². The second-order valence-electron chi connectivity index (χ2n) is 4.20. The Labute approximate surface area is 124 Å². The van der Waals surface area contributed by atoms with Crippen LogP contribution in [0.2, 0.25) is 0 Å². The molecule has 0 amide bonds. The lowest BCUT2D eigenvalue weighted by Crippen LogP contribution is -2.27. The van der Waals surface area contributed by atoms with Gasteiger partial charge in [0.1, 0.15) is 4.90 Å². The number of thiophene rings is 1. The van der Waals surface area contributed by atoms with Gasteiger partial charge in [0.05, 0.1) is 0 Å². The number of hydrogen-bond donors (Lipinski definition) is 2. The molecule has 0 aliphatic carbocycles. The summed E-state index contributed by atoms with van der Waals surface area (Å²) >= 11 is 3.23. The summed E-state index contributed by atoms with van der Waals surface area (Å²) < 4.78 is 27.3. The van der Waals surface area contributed by atoms with Crippen molar-refractivity contribution in [2.75, 3.05) is 25.1 Å². The fraction of sp³-hybridized carbons (Fsp3) is 0.667. The summed E-state index contributed by atoms with van der Waals surface area (Å²) in [5.74, 6) is 0.968. The lowest BCUT2D eigenvalue weighted by Gasteiger charge is -2.09. The number of sulfonamides is 1. The van der Waals surface area contributed by atoms with Gasteiger partial charge >= 0.3 is 0 Å². The maximum Gasteiger partial charge on any atom is 0.241 e. The van der Waals surface area contributed by atoms with Crippen LogP contribution in [-0.4, -0.2) is 33.5 Å². The molecule has 0 saturated carbocycles. The van der Waals surface area contributed by atoms with E-state index in [9.17, 15) is 8.42 Å². The summed E-state index contributed by atoms with van der Waals surface area (Å²) in [5.41, 5.74) is 0.829. The molecular formula is C12H22N2O2S3. The highest BCUT2D eigenvalue weighted by Crippen LogP contribution is 2.26. The molecule has 0 spiro atoms. The average molecular weight is 323 g/mol. The van der Waals surface area contributed by atoms with Gasteiger partial charge < -0.3 is 5.32 Å². The zero-order valence-corrected chi connectivity index (χ0v) is 14.1. The molecule has 1 heterocycles. The molecule has 4 nitrogen and oxygen atoms in total. The molecule has 0 radical (unpaired) electrons. The van der Waals surface area contributed by atoms with Crippen LogP contribution in [0.25, 0.3) is 0 Å². The lowest BCUT2D eigenvalue weighted by atomic mass is 10.3. The first-order valence-corrected chi connectivity index (χ1v) is 10.0. The van der Waals surface area contributed by atoms with E-state index in [0.717, 1.165) is 29.2 Å². The molecule has 1 aromatic rings. The van der Waals surface area contributed by atoms with Gasteiger partial charge in [0.25, 0.3) is 0 Å². The quantitative estimate of drug-likeness (QED) is 0.684. The molecule has 7 heteroatoms. The molecule has 0 atom stereocenters. The smallest absolute Gasteiger partial charge is 0.241 e. The first-order valence-electron chi connectivity index (χ1n) is 6.29. The van der Waals surface area contributed by atoms with E-state index in [1.165, 1.54) is 11.3 Å². The van der Waals surface area contributed by atoms with Crippen LogP contribution in [-0.2, 0) is 16.6 Å². The largest absolute Gasteiger partial charge is 0.312 e. The number of aryl methyl sites for hydroxylation is 1. The molecule has 0 bridgehead atoms. The Morgan fingerprint density at radius 3 is 2.79 bits per heavy atom. The minimum Gasteiger partial charge on any atom is -0.312 e. The predicted octanol–water partition coefficient (Wildman–Crippen LogP) is 2.20. The van der Waals surface area contributed by atoms with E-state index < -0.39 is 10.0 Å². The zero-order chi connectivity index (χ0) is 14.3. The Hall–Kier alpha value is -0.0800. The van der Waals surface area contributed by atoms with Crippen LogP contribution in [0, 0.1) is 6.92 Å². The van der Waals surface area contributed by atoms with E-state index in [1.54, 1.807) is 11.8 Å². The van der Waals surface area contributed by atoms with E-state index in [1.807, 2.05) is 25.5 Å². The van der Waals surface area contributed by atoms with Crippen LogP contribution in [0.3, 0.4) is 0 Å². The Morgan fingerprint density at radius 2 is 2.16 bits per heavy atom. The van der Waals surface area contributed by atoms with Gasteiger partial charge in [0, 0.05) is 18.0 Å². The van der Waals surface area contributed by atoms with Crippen LogP contribution >= 0.6 is 23.1 Å². The highest BCUT2D eigenvalue weighted by molar-refractivity contribution is 7.98. The standard InChI is InChI=1S/C12H22N2O2S3/c1-4-13-8-11-12(10(2)9-18-11)19(15,16)14-6-5-7-17-3/h9,13-14H,4-8H2,1-3H3. The van der Waals surface area contributed by atoms with E-state index in [2.05, 4.69) is 10.0 Å². The molecule has 0 fully saturated rings. The van der Waals surface area contributed by atoms with E-state index in [-0.39, 0.29) is 0 Å². The van der Waals surface area contributed by atoms with Gasteiger partial charge in [-0.15, -0.1) is 11.3 Å². The molecule has 0 unspecified atom stereocenters. The topological polar surface area (TPSA) is 58.2 Å². The summed E-state index contributed by atoms with van der Waals surface area (Å²) in [7, 11) is -3.38. The molecule has 110 valence electrons. The molecule has 2 N–H and O–H groups in total. The van der Waals surface area contributed by atoms with Crippen molar-refractivity contribution >= 4 is 33.1 Å². The number of nitrogens with one attached hydrogen (secondary N) is 2. The average Bonchev–Trinajstić information content (AvgIpc) is 2.74. The first kappa shape index (κ1) is 17.0. The fourth-order valence-corrected chi connectivity index (χ4v) is 4.99. The van der Waals surface area contributed by atoms with Crippen molar-refractivity contribution < 1.29 is 8.42 Å². The second kappa shape index (κ2) is 8.26. The van der Waals surface area contributed by atoms with E-state index in [0.29, 0.717) is 18.0 Å². The van der Waals surface area contributed by atoms with Gasteiger partial charge in [-0.25, -0.2) is 13.1 Å². The summed E-state index contributed by atoms with van der Waals surface area (Å²) in [6, 6.07) is 0. The van der Waals surface area contributed by atoms with Gasteiger partial charge in [0.2, 0.25) is 10.0 Å². The predicted molar refractivity (Wildman–Crippen MR) is 84.6 cm³/mol. The van der Waals surface area contributed by atoms with Crippen molar-refractivity contribution in [1.29, 1.82) is 0 Å². The highest BCUT2D eigenvalue weighted by Gasteiger charge is 2.22. The van der Waals surface area contributed by atoms with Crippen molar-refractivity contribution in [3.8, 4) is 0 Å². The maximum absolute atomic E-state index is 12.3. The normalized spacial score (nSPS) is 11.9. The third-order valence-electron chi connectivity index (χ3n) is 2.61. The van der Waals surface area contributed by atoms with Crippen molar-refractivity contribution in [2.24, 2.45) is 0 Å². The highest BCUT2D eigenvalue weighted by atomic mass is 32.2. The van der Waals surface area contributed by atoms with Crippen LogP contribution < -0.4 is 10.0 Å². The Bertz CT molecular complexity index is 483. The third-order valence-corrected chi connectivity index (χ3v) is 6.23. The Balaban J connectivity index is 2.78. The van der Waals surface area contributed by atoms with E-state index >= 15 is 0 Å². The van der Waals surface area contributed by atoms with Gasteiger partial charge in [-0.1, -0.05) is 6.92 Å². The molecule has 1 aromatic heterocycles. The molecule has 0 aliphatic rings. The monoisotopic (exact) mass is 322 g/mol. The molecule has 0 saturated heterocycles. The summed E-state index contributed by atoms with van der Waals surface area (Å²) in [6.45, 7) is 5.80. The summed E-state index contributed by atoms with van der Waals surface area (Å²) in [5, 5.41) is 5.09. The van der Waals surface area contributed by atoms with Crippen molar-refractivity contribution in [1.82, 2.24) is 10.0 Å². The van der Waals surface area contributed by atoms with Gasteiger partial charge in [-0.2, -0.15) is 11.8 Å². The Morgan fingerprint density at radius 1 is 1.42 bits per heavy atom. The van der Waals surface area contributed by atoms with Gasteiger partial charge in [-0.3, -0.25) is 0 Å². The molecular weight excluding hydrogens is 300 g/mol. The van der Waals surface area contributed by atoms with Crippen molar-refractivity contribution in [3.63, 3.8) is 0 Å². The number of hydrogen-bond acceptors (Lipinski definition) is 5. The molecule has 19 heavy (non-hydrogen) atoms. The minimum absolute atomic E-state index is 0.461. The van der Waals surface area contributed by atoms with Crippen molar-refractivity contribution in [2.45, 2.75) is 31.7 Å². The Kier molecular flexibility index (Phi) is 7.38. The summed E-state index contributed by atoms with van der Waals surface area (Å²) in [6.07, 6.45) is 2.87. The maximum atomic E-state index is 12.3. The summed E-state index contributed by atoms with van der Waals surface area (Å²) in [4.78, 5) is 1.35. The molecule has 0 aliphatic heterocycles. The van der Waals surface area contributed by atoms with E-state index in [4.69, 9.17) is 0 Å². The fourth-order valence-electron chi connectivity index (χ4n) is 1.70. The van der Waals surface area contributed by atoms with Crippen LogP contribution in [0.4, 0.5) is 0 Å². The minimum atomic E-state index is -3.38. The molecule has 0 aromatic carbocycles. The number of rotatable bonds is 9. The number of thioether (sulfide) groups is 1.